The minimum absolute atomic E-state index is 0.130. The number of para-hydroxylation sites is 1. The number of benzene rings is 3. The molecule has 0 bridgehead atoms. The van der Waals surface area contributed by atoms with Gasteiger partial charge in [-0.05, 0) is 53.4 Å². The van der Waals surface area contributed by atoms with Crippen LogP contribution in [0.2, 0.25) is 0 Å². The first-order chi connectivity index (χ1) is 14.6. The summed E-state index contributed by atoms with van der Waals surface area (Å²) in [4.78, 5) is 12.2. The van der Waals surface area contributed by atoms with Crippen molar-refractivity contribution in [3.05, 3.63) is 107 Å². The van der Waals surface area contributed by atoms with Crippen LogP contribution in [0.1, 0.15) is 23.1 Å². The number of carbonyl (C=O) groups excluding carboxylic acids is 1. The van der Waals surface area contributed by atoms with Crippen LogP contribution in [0.3, 0.4) is 0 Å². The van der Waals surface area contributed by atoms with Gasteiger partial charge in [-0.3, -0.25) is 4.79 Å². The maximum atomic E-state index is 13.2. The van der Waals surface area contributed by atoms with Gasteiger partial charge in [0.25, 0.3) is 0 Å². The fourth-order valence-electron chi connectivity index (χ4n) is 3.49. The predicted molar refractivity (Wildman–Crippen MR) is 112 cm³/mol. The Bertz CT molecular complexity index is 1150. The van der Waals surface area contributed by atoms with Gasteiger partial charge in [-0.2, -0.15) is 0 Å². The van der Waals surface area contributed by atoms with E-state index in [1.807, 2.05) is 30.5 Å². The fourth-order valence-corrected chi connectivity index (χ4v) is 3.49. The molecular weight excluding hydrogens is 384 g/mol. The number of aryl methyl sites for hydroxylation is 1. The Balaban J connectivity index is 1.43. The van der Waals surface area contributed by atoms with E-state index in [4.69, 9.17) is 4.74 Å². The zero-order valence-electron chi connectivity index (χ0n) is 16.4. The lowest BCUT2D eigenvalue weighted by molar-refractivity contribution is -0.144. The molecule has 4 aromatic rings. The van der Waals surface area contributed by atoms with E-state index in [0.29, 0.717) is 13.0 Å². The average Bonchev–Trinajstić information content (AvgIpc) is 3.11. The Morgan fingerprint density at radius 2 is 1.47 bits per heavy atom. The number of fused-ring (bicyclic) bond motifs is 1. The standard InChI is InChI=1S/C25H21F2NO2/c26-21-10-5-18(6-11-21)15-28-16-20(23-3-1-2-4-24(23)28)9-14-25(29)30-17-19-7-12-22(27)13-8-19/h1-8,10-13,16H,9,14-15,17H2. The summed E-state index contributed by atoms with van der Waals surface area (Å²) in [6.07, 6.45) is 2.85. The zero-order valence-corrected chi connectivity index (χ0v) is 16.4. The third kappa shape index (κ3) is 4.74. The molecule has 0 radical (unpaired) electrons. The van der Waals surface area contributed by atoms with Gasteiger partial charge in [0.15, 0.2) is 0 Å². The normalized spacial score (nSPS) is 11.0. The number of hydrogen-bond acceptors (Lipinski definition) is 2. The maximum Gasteiger partial charge on any atom is 0.306 e. The van der Waals surface area contributed by atoms with Crippen molar-refractivity contribution in [2.45, 2.75) is 26.0 Å². The number of rotatable bonds is 7. The first-order valence-corrected chi connectivity index (χ1v) is 9.80. The van der Waals surface area contributed by atoms with Crippen molar-refractivity contribution in [3.63, 3.8) is 0 Å². The molecule has 4 rings (SSSR count). The molecule has 0 atom stereocenters. The predicted octanol–water partition coefficient (Wildman–Crippen LogP) is 5.64. The minimum atomic E-state index is -0.317. The molecule has 0 aliphatic rings. The summed E-state index contributed by atoms with van der Waals surface area (Å²) in [5, 5.41) is 1.09. The van der Waals surface area contributed by atoms with Crippen LogP contribution in [-0.2, 0) is 29.1 Å². The van der Waals surface area contributed by atoms with Crippen LogP contribution in [0.25, 0.3) is 10.9 Å². The van der Waals surface area contributed by atoms with E-state index < -0.39 is 0 Å². The Kier molecular flexibility index (Phi) is 5.89. The highest BCUT2D eigenvalue weighted by molar-refractivity contribution is 5.84. The van der Waals surface area contributed by atoms with Gasteiger partial charge in [0.05, 0.1) is 0 Å². The zero-order chi connectivity index (χ0) is 20.9. The molecule has 30 heavy (non-hydrogen) atoms. The van der Waals surface area contributed by atoms with Crippen LogP contribution in [0, 0.1) is 11.6 Å². The average molecular weight is 405 g/mol. The molecule has 0 saturated carbocycles. The van der Waals surface area contributed by atoms with Gasteiger partial charge in [0.2, 0.25) is 0 Å². The molecule has 1 heterocycles. The number of esters is 1. The monoisotopic (exact) mass is 405 g/mol. The highest BCUT2D eigenvalue weighted by atomic mass is 19.1. The van der Waals surface area contributed by atoms with Crippen molar-refractivity contribution in [2.24, 2.45) is 0 Å². The molecule has 0 amide bonds. The van der Waals surface area contributed by atoms with E-state index in [0.717, 1.165) is 27.6 Å². The highest BCUT2D eigenvalue weighted by Gasteiger charge is 2.11. The van der Waals surface area contributed by atoms with E-state index in [1.54, 1.807) is 24.3 Å². The number of aromatic nitrogens is 1. The number of halogens is 2. The lowest BCUT2D eigenvalue weighted by Crippen LogP contribution is -2.06. The second kappa shape index (κ2) is 8.91. The molecule has 0 spiro atoms. The summed E-state index contributed by atoms with van der Waals surface area (Å²) < 4.78 is 33.6. The van der Waals surface area contributed by atoms with Crippen LogP contribution in [0.5, 0.6) is 0 Å². The molecule has 0 unspecified atom stereocenters. The van der Waals surface area contributed by atoms with Gasteiger partial charge in [-0.25, -0.2) is 8.78 Å². The summed E-state index contributed by atoms with van der Waals surface area (Å²) in [7, 11) is 0. The van der Waals surface area contributed by atoms with Crippen LogP contribution in [0.4, 0.5) is 8.78 Å². The minimum Gasteiger partial charge on any atom is -0.461 e. The lowest BCUT2D eigenvalue weighted by atomic mass is 10.1. The Labute approximate surface area is 173 Å². The van der Waals surface area contributed by atoms with E-state index in [2.05, 4.69) is 4.57 Å². The molecule has 0 N–H and O–H groups in total. The highest BCUT2D eigenvalue weighted by Crippen LogP contribution is 2.24. The quantitative estimate of drug-likeness (QED) is 0.373. The fraction of sp³-hybridized carbons (Fsp3) is 0.160. The number of nitrogens with zero attached hydrogens (tertiary/aromatic N) is 1. The Morgan fingerprint density at radius 1 is 0.833 bits per heavy atom. The molecule has 152 valence electrons. The van der Waals surface area contributed by atoms with Gasteiger partial charge >= 0.3 is 5.97 Å². The summed E-state index contributed by atoms with van der Waals surface area (Å²) >= 11 is 0. The van der Waals surface area contributed by atoms with Gasteiger partial charge < -0.3 is 9.30 Å². The second-order valence-electron chi connectivity index (χ2n) is 7.21. The Hall–Kier alpha value is -3.47. The third-order valence-corrected chi connectivity index (χ3v) is 5.05. The Morgan fingerprint density at radius 3 is 2.17 bits per heavy atom. The summed E-state index contributed by atoms with van der Waals surface area (Å²) in [6.45, 7) is 0.751. The first kappa shape index (κ1) is 19.8. The summed E-state index contributed by atoms with van der Waals surface area (Å²) in [6, 6.07) is 20.4. The van der Waals surface area contributed by atoms with E-state index in [9.17, 15) is 13.6 Å². The summed E-state index contributed by atoms with van der Waals surface area (Å²) in [5.74, 6) is -0.868. The van der Waals surface area contributed by atoms with Crippen LogP contribution in [0.15, 0.2) is 79.0 Å². The van der Waals surface area contributed by atoms with Crippen molar-refractivity contribution in [1.82, 2.24) is 4.57 Å². The van der Waals surface area contributed by atoms with Crippen molar-refractivity contribution < 1.29 is 18.3 Å². The van der Waals surface area contributed by atoms with Crippen molar-refractivity contribution in [1.29, 1.82) is 0 Å². The van der Waals surface area contributed by atoms with Gasteiger partial charge in [-0.15, -0.1) is 0 Å². The molecule has 1 aromatic heterocycles. The maximum absolute atomic E-state index is 13.2. The van der Waals surface area contributed by atoms with Crippen molar-refractivity contribution in [2.75, 3.05) is 0 Å². The molecule has 3 aromatic carbocycles. The molecule has 3 nitrogen and oxygen atoms in total. The van der Waals surface area contributed by atoms with E-state index in [-0.39, 0.29) is 30.6 Å². The van der Waals surface area contributed by atoms with Crippen LogP contribution in [-0.4, -0.2) is 10.5 Å². The van der Waals surface area contributed by atoms with E-state index >= 15 is 0 Å². The molecule has 0 saturated heterocycles. The van der Waals surface area contributed by atoms with Gasteiger partial charge in [-0.1, -0.05) is 42.5 Å². The smallest absolute Gasteiger partial charge is 0.306 e. The molecule has 0 aliphatic carbocycles. The lowest BCUT2D eigenvalue weighted by Gasteiger charge is -2.05. The van der Waals surface area contributed by atoms with Gasteiger partial charge in [0.1, 0.15) is 18.2 Å². The van der Waals surface area contributed by atoms with Gasteiger partial charge in [0, 0.05) is 30.1 Å². The number of ether oxygens (including phenoxy) is 1. The van der Waals surface area contributed by atoms with Crippen LogP contribution < -0.4 is 0 Å². The largest absolute Gasteiger partial charge is 0.461 e. The molecule has 0 aliphatic heterocycles. The third-order valence-electron chi connectivity index (χ3n) is 5.05. The van der Waals surface area contributed by atoms with Crippen molar-refractivity contribution >= 4 is 16.9 Å². The molecule has 5 heteroatoms. The van der Waals surface area contributed by atoms with Crippen LogP contribution >= 0.6 is 0 Å². The SMILES string of the molecule is O=C(CCc1cn(Cc2ccc(F)cc2)c2ccccc12)OCc1ccc(F)cc1. The summed E-state index contributed by atoms with van der Waals surface area (Å²) in [5.41, 5.74) is 3.88. The topological polar surface area (TPSA) is 31.2 Å². The first-order valence-electron chi connectivity index (χ1n) is 9.80. The number of hydrogen-bond donors (Lipinski definition) is 0. The molecular formula is C25H21F2NO2. The molecule has 0 fully saturated rings. The van der Waals surface area contributed by atoms with Crippen molar-refractivity contribution in [3.8, 4) is 0 Å². The van der Waals surface area contributed by atoms with E-state index in [1.165, 1.54) is 24.3 Å². The number of carbonyl (C=O) groups is 1. The second-order valence-corrected chi connectivity index (χ2v) is 7.21.